The molecule has 0 N–H and O–H groups in total. The molecule has 0 heterocycles. The van der Waals surface area contributed by atoms with Crippen molar-refractivity contribution in [3.63, 3.8) is 0 Å². The van der Waals surface area contributed by atoms with Crippen LogP contribution >= 0.6 is 0 Å². The second kappa shape index (κ2) is 4.86. The summed E-state index contributed by atoms with van der Waals surface area (Å²) in [6, 6.07) is 9.95. The Kier molecular flexibility index (Phi) is 3.43. The second-order valence-corrected chi connectivity index (χ2v) is 5.83. The molecule has 0 radical (unpaired) electrons. The van der Waals surface area contributed by atoms with Crippen molar-refractivity contribution in [1.29, 1.82) is 0 Å². The van der Waals surface area contributed by atoms with Crippen molar-refractivity contribution in [2.45, 2.75) is 10.6 Å². The first-order valence-corrected chi connectivity index (χ1v) is 6.85. The molecular formula is C13H10F2O2S. The molecular weight excluding hydrogens is 258 g/mol. The van der Waals surface area contributed by atoms with Crippen LogP contribution in [-0.4, -0.2) is 8.42 Å². The number of sulfone groups is 1. The van der Waals surface area contributed by atoms with Crippen LogP contribution in [0.25, 0.3) is 0 Å². The summed E-state index contributed by atoms with van der Waals surface area (Å²) >= 11 is 0. The standard InChI is InChI=1S/C13H10F2O2S/c14-11-4-6-13(7-5-11)18(16,17)9-10-2-1-3-12(15)8-10/h1-8H,9H2. The van der Waals surface area contributed by atoms with E-state index in [-0.39, 0.29) is 10.6 Å². The zero-order valence-corrected chi connectivity index (χ0v) is 10.1. The molecule has 0 atom stereocenters. The molecule has 2 nitrogen and oxygen atoms in total. The van der Waals surface area contributed by atoms with Gasteiger partial charge in [-0.15, -0.1) is 0 Å². The molecule has 2 aromatic carbocycles. The Labute approximate surface area is 104 Å². The van der Waals surface area contributed by atoms with Gasteiger partial charge < -0.3 is 0 Å². The molecule has 0 aromatic heterocycles. The fourth-order valence-corrected chi connectivity index (χ4v) is 2.91. The molecule has 0 saturated carbocycles. The molecule has 0 aliphatic rings. The summed E-state index contributed by atoms with van der Waals surface area (Å²) in [5.41, 5.74) is 0.360. The van der Waals surface area contributed by atoms with Crippen LogP contribution in [0.3, 0.4) is 0 Å². The van der Waals surface area contributed by atoms with Crippen LogP contribution in [0.5, 0.6) is 0 Å². The first-order valence-electron chi connectivity index (χ1n) is 5.20. The van der Waals surface area contributed by atoms with Crippen LogP contribution < -0.4 is 0 Å². The molecule has 5 heteroatoms. The van der Waals surface area contributed by atoms with Gasteiger partial charge in [0.2, 0.25) is 0 Å². The highest BCUT2D eigenvalue weighted by Crippen LogP contribution is 2.17. The van der Waals surface area contributed by atoms with Gasteiger partial charge in [0.25, 0.3) is 0 Å². The van der Waals surface area contributed by atoms with Crippen molar-refractivity contribution in [2.75, 3.05) is 0 Å². The van der Waals surface area contributed by atoms with Gasteiger partial charge in [0.1, 0.15) is 11.6 Å². The molecule has 0 aliphatic heterocycles. The van der Waals surface area contributed by atoms with Crippen molar-refractivity contribution in [3.05, 3.63) is 65.7 Å². The van der Waals surface area contributed by atoms with Crippen LogP contribution in [0.15, 0.2) is 53.4 Å². The fourth-order valence-electron chi connectivity index (χ4n) is 1.57. The van der Waals surface area contributed by atoms with Crippen molar-refractivity contribution in [1.82, 2.24) is 0 Å². The van der Waals surface area contributed by atoms with Gasteiger partial charge in [-0.3, -0.25) is 0 Å². The maximum absolute atomic E-state index is 13.0. The Morgan fingerprint density at radius 1 is 0.889 bits per heavy atom. The van der Waals surface area contributed by atoms with Crippen LogP contribution in [0.2, 0.25) is 0 Å². The number of hydrogen-bond acceptors (Lipinski definition) is 2. The largest absolute Gasteiger partial charge is 0.223 e. The molecule has 94 valence electrons. The summed E-state index contributed by atoms with van der Waals surface area (Å²) in [7, 11) is -3.58. The van der Waals surface area contributed by atoms with Crippen LogP contribution in [0.1, 0.15) is 5.56 Å². The van der Waals surface area contributed by atoms with Crippen LogP contribution in [-0.2, 0) is 15.6 Å². The van der Waals surface area contributed by atoms with Gasteiger partial charge in [-0.1, -0.05) is 12.1 Å². The lowest BCUT2D eigenvalue weighted by Crippen LogP contribution is -2.05. The zero-order chi connectivity index (χ0) is 13.2. The summed E-state index contributed by atoms with van der Waals surface area (Å²) in [5, 5.41) is 0. The quantitative estimate of drug-likeness (QED) is 0.802. The normalized spacial score (nSPS) is 11.4. The van der Waals surface area contributed by atoms with E-state index in [2.05, 4.69) is 0 Å². The van der Waals surface area contributed by atoms with E-state index in [1.807, 2.05) is 0 Å². The summed E-state index contributed by atoms with van der Waals surface area (Å²) in [6.45, 7) is 0. The third kappa shape index (κ3) is 2.92. The first kappa shape index (κ1) is 12.7. The lowest BCUT2D eigenvalue weighted by Gasteiger charge is -2.04. The zero-order valence-electron chi connectivity index (χ0n) is 9.31. The summed E-state index contributed by atoms with van der Waals surface area (Å²) in [4.78, 5) is 0.0214. The predicted molar refractivity (Wildman–Crippen MR) is 63.7 cm³/mol. The highest BCUT2D eigenvalue weighted by atomic mass is 32.2. The summed E-state index contributed by atoms with van der Waals surface area (Å²) in [5.74, 6) is -1.29. The Bertz CT molecular complexity index is 649. The maximum Gasteiger partial charge on any atom is 0.182 e. The molecule has 0 fully saturated rings. The van der Waals surface area contributed by atoms with Crippen molar-refractivity contribution >= 4 is 9.84 Å². The predicted octanol–water partition coefficient (Wildman–Crippen LogP) is 2.94. The van der Waals surface area contributed by atoms with Crippen LogP contribution in [0, 0.1) is 11.6 Å². The summed E-state index contributed by atoms with van der Waals surface area (Å²) in [6.07, 6.45) is 0. The van der Waals surface area contributed by atoms with E-state index in [9.17, 15) is 17.2 Å². The van der Waals surface area contributed by atoms with Gasteiger partial charge in [-0.05, 0) is 42.0 Å². The number of benzene rings is 2. The van der Waals surface area contributed by atoms with Crippen molar-refractivity contribution in [3.8, 4) is 0 Å². The lowest BCUT2D eigenvalue weighted by molar-refractivity contribution is 0.593. The lowest BCUT2D eigenvalue weighted by atomic mass is 10.2. The van der Waals surface area contributed by atoms with Gasteiger partial charge in [0.05, 0.1) is 10.6 Å². The number of halogens is 2. The minimum atomic E-state index is -3.58. The minimum absolute atomic E-state index is 0.0214. The average Bonchev–Trinajstić information content (AvgIpc) is 2.29. The van der Waals surface area contributed by atoms with Gasteiger partial charge in [-0.25, -0.2) is 17.2 Å². The van der Waals surface area contributed by atoms with Crippen LogP contribution in [0.4, 0.5) is 8.78 Å². The van der Waals surface area contributed by atoms with E-state index >= 15 is 0 Å². The Morgan fingerprint density at radius 3 is 2.17 bits per heavy atom. The first-order chi connectivity index (χ1) is 8.47. The molecule has 18 heavy (non-hydrogen) atoms. The molecule has 0 saturated heterocycles. The second-order valence-electron chi connectivity index (χ2n) is 3.84. The third-order valence-corrected chi connectivity index (χ3v) is 4.12. The van der Waals surface area contributed by atoms with E-state index < -0.39 is 21.5 Å². The number of rotatable bonds is 3. The van der Waals surface area contributed by atoms with E-state index in [0.29, 0.717) is 5.56 Å². The van der Waals surface area contributed by atoms with Crippen molar-refractivity contribution < 1.29 is 17.2 Å². The molecule has 2 rings (SSSR count). The smallest absolute Gasteiger partial charge is 0.182 e. The maximum atomic E-state index is 13.0. The van der Waals surface area contributed by atoms with Gasteiger partial charge in [0.15, 0.2) is 9.84 Å². The van der Waals surface area contributed by atoms with E-state index in [1.165, 1.54) is 36.4 Å². The molecule has 0 spiro atoms. The summed E-state index contributed by atoms with van der Waals surface area (Å²) < 4.78 is 49.6. The molecule has 0 aliphatic carbocycles. The highest BCUT2D eigenvalue weighted by molar-refractivity contribution is 7.90. The molecule has 0 bridgehead atoms. The van der Waals surface area contributed by atoms with E-state index in [4.69, 9.17) is 0 Å². The SMILES string of the molecule is O=S(=O)(Cc1cccc(F)c1)c1ccc(F)cc1. The van der Waals surface area contributed by atoms with Gasteiger partial charge in [-0.2, -0.15) is 0 Å². The Hall–Kier alpha value is -1.75. The van der Waals surface area contributed by atoms with E-state index in [1.54, 1.807) is 0 Å². The molecule has 2 aromatic rings. The topological polar surface area (TPSA) is 34.1 Å². The molecule has 0 amide bonds. The van der Waals surface area contributed by atoms with E-state index in [0.717, 1.165) is 12.1 Å². The highest BCUT2D eigenvalue weighted by Gasteiger charge is 2.15. The molecule has 0 unspecified atom stereocenters. The number of hydrogen-bond donors (Lipinski definition) is 0. The third-order valence-electron chi connectivity index (χ3n) is 2.42. The van der Waals surface area contributed by atoms with Gasteiger partial charge in [0, 0.05) is 0 Å². The minimum Gasteiger partial charge on any atom is -0.223 e. The average molecular weight is 268 g/mol. The van der Waals surface area contributed by atoms with Gasteiger partial charge >= 0.3 is 0 Å². The Balaban J connectivity index is 2.30. The van der Waals surface area contributed by atoms with Crippen molar-refractivity contribution in [2.24, 2.45) is 0 Å². The monoisotopic (exact) mass is 268 g/mol. The fraction of sp³-hybridized carbons (Fsp3) is 0.0769. The Morgan fingerprint density at radius 2 is 1.56 bits per heavy atom.